The van der Waals surface area contributed by atoms with Gasteiger partial charge in [0.15, 0.2) is 7.26 Å². The SMILES string of the molecule is COC(=O)CSc1nc(-c2ccccc2)[nH]c(=O)c1[P+](c1ccccc1)(c1ccccc1)c1ccccc1.[Cl-]. The van der Waals surface area contributed by atoms with E-state index in [1.54, 1.807) is 0 Å². The largest absolute Gasteiger partial charge is 1.00 e. The molecule has 0 aliphatic heterocycles. The van der Waals surface area contributed by atoms with E-state index < -0.39 is 7.26 Å². The van der Waals surface area contributed by atoms with Crippen LogP contribution in [0.4, 0.5) is 0 Å². The number of hydrogen-bond acceptors (Lipinski definition) is 5. The zero-order chi connectivity index (χ0) is 26.4. The van der Waals surface area contributed by atoms with Crippen molar-refractivity contribution >= 4 is 46.2 Å². The molecule has 0 amide bonds. The predicted octanol–water partition coefficient (Wildman–Crippen LogP) is 1.33. The lowest BCUT2D eigenvalue weighted by Crippen LogP contribution is -3.00. The van der Waals surface area contributed by atoms with Crippen molar-refractivity contribution in [2.45, 2.75) is 5.03 Å². The number of carbonyl (C=O) groups excluding carboxylic acids is 1. The average Bonchev–Trinajstić information content (AvgIpc) is 2.99. The number of halogens is 1. The summed E-state index contributed by atoms with van der Waals surface area (Å²) in [5.41, 5.74) is 0.565. The smallest absolute Gasteiger partial charge is 0.316 e. The van der Waals surface area contributed by atoms with Gasteiger partial charge in [0.1, 0.15) is 26.8 Å². The van der Waals surface area contributed by atoms with Crippen molar-refractivity contribution in [1.82, 2.24) is 9.97 Å². The van der Waals surface area contributed by atoms with Gasteiger partial charge in [0, 0.05) is 5.56 Å². The van der Waals surface area contributed by atoms with Crippen LogP contribution >= 0.6 is 19.0 Å². The van der Waals surface area contributed by atoms with Crippen molar-refractivity contribution in [2.75, 3.05) is 12.9 Å². The highest BCUT2D eigenvalue weighted by molar-refractivity contribution is 8.04. The summed E-state index contributed by atoms with van der Waals surface area (Å²) in [5.74, 6) is 0.110. The van der Waals surface area contributed by atoms with Crippen LogP contribution in [0, 0.1) is 0 Å². The third kappa shape index (κ3) is 5.69. The fraction of sp³-hybridized carbons (Fsp3) is 0.0645. The number of benzene rings is 4. The Hall–Kier alpha value is -3.70. The number of nitrogens with zero attached hydrogens (tertiary/aromatic N) is 1. The Kier molecular flexibility index (Phi) is 9.36. The number of carbonyl (C=O) groups is 1. The lowest BCUT2D eigenvalue weighted by molar-refractivity contribution is -0.137. The van der Waals surface area contributed by atoms with Gasteiger partial charge in [0.05, 0.1) is 12.9 Å². The lowest BCUT2D eigenvalue weighted by atomic mass is 10.2. The van der Waals surface area contributed by atoms with Crippen LogP contribution in [-0.4, -0.2) is 28.8 Å². The summed E-state index contributed by atoms with van der Waals surface area (Å²) in [5, 5.41) is 4.16. The van der Waals surface area contributed by atoms with Crippen LogP contribution in [0.2, 0.25) is 0 Å². The summed E-state index contributed by atoms with van der Waals surface area (Å²) >= 11 is 1.24. The van der Waals surface area contributed by atoms with Gasteiger partial charge in [-0.1, -0.05) is 96.7 Å². The zero-order valence-electron chi connectivity index (χ0n) is 21.2. The Balaban J connectivity index is 0.00000353. The molecule has 5 nitrogen and oxygen atoms in total. The van der Waals surface area contributed by atoms with E-state index in [1.807, 2.05) is 84.9 Å². The first-order valence-electron chi connectivity index (χ1n) is 12.1. The second-order valence-corrected chi connectivity index (χ2v) is 12.8. The van der Waals surface area contributed by atoms with Gasteiger partial charge in [-0.05, 0) is 36.4 Å². The number of ether oxygens (including phenoxy) is 1. The van der Waals surface area contributed by atoms with Gasteiger partial charge in [0.2, 0.25) is 5.30 Å². The van der Waals surface area contributed by atoms with Crippen molar-refractivity contribution in [3.63, 3.8) is 0 Å². The quantitative estimate of drug-likeness (QED) is 0.131. The highest BCUT2D eigenvalue weighted by atomic mass is 35.5. The third-order valence-electron chi connectivity index (χ3n) is 6.23. The molecule has 5 rings (SSSR count). The number of esters is 1. The van der Waals surface area contributed by atoms with Crippen LogP contribution in [0.3, 0.4) is 0 Å². The summed E-state index contributed by atoms with van der Waals surface area (Å²) in [7, 11) is -1.38. The van der Waals surface area contributed by atoms with E-state index in [0.29, 0.717) is 16.2 Å². The van der Waals surface area contributed by atoms with E-state index in [2.05, 4.69) is 41.4 Å². The number of rotatable bonds is 8. The van der Waals surface area contributed by atoms with E-state index in [0.717, 1.165) is 21.5 Å². The number of H-pyrrole nitrogens is 1. The minimum atomic E-state index is -2.74. The number of methoxy groups -OCH3 is 1. The third-order valence-corrected chi connectivity index (χ3v) is 11.6. The Morgan fingerprint density at radius 2 is 1.21 bits per heavy atom. The topological polar surface area (TPSA) is 72.0 Å². The molecular weight excluding hydrogens is 547 g/mol. The molecule has 0 aliphatic rings. The number of thioether (sulfide) groups is 1. The summed E-state index contributed by atoms with van der Waals surface area (Å²) in [6.45, 7) is 0. The molecular formula is C31H26ClN2O3PS. The van der Waals surface area contributed by atoms with Crippen molar-refractivity contribution in [3.8, 4) is 11.4 Å². The average molecular weight is 573 g/mol. The molecule has 4 aromatic carbocycles. The Morgan fingerprint density at radius 1 is 0.769 bits per heavy atom. The van der Waals surface area contributed by atoms with Gasteiger partial charge in [0.25, 0.3) is 5.56 Å². The first-order valence-corrected chi connectivity index (χ1v) is 14.9. The summed E-state index contributed by atoms with van der Waals surface area (Å²) in [4.78, 5) is 34.6. The number of aromatic nitrogens is 2. The molecule has 8 heteroatoms. The molecule has 0 saturated carbocycles. The van der Waals surface area contributed by atoms with Crippen LogP contribution in [0.5, 0.6) is 0 Å². The van der Waals surface area contributed by atoms with Crippen LogP contribution < -0.4 is 39.2 Å². The molecule has 0 atom stereocenters. The molecule has 0 radical (unpaired) electrons. The Morgan fingerprint density at radius 3 is 1.64 bits per heavy atom. The first-order chi connectivity index (χ1) is 18.6. The molecule has 1 heterocycles. The van der Waals surface area contributed by atoms with Crippen LogP contribution in [0.15, 0.2) is 131 Å². The van der Waals surface area contributed by atoms with E-state index in [9.17, 15) is 9.59 Å². The normalized spacial score (nSPS) is 10.9. The number of nitrogens with one attached hydrogen (secondary N) is 1. The van der Waals surface area contributed by atoms with Gasteiger partial charge < -0.3 is 22.1 Å². The maximum atomic E-state index is 14.3. The monoisotopic (exact) mass is 572 g/mol. The van der Waals surface area contributed by atoms with Gasteiger partial charge in [-0.2, -0.15) is 0 Å². The lowest BCUT2D eigenvalue weighted by Gasteiger charge is -2.28. The fourth-order valence-electron chi connectivity index (χ4n) is 4.55. The molecule has 0 spiro atoms. The van der Waals surface area contributed by atoms with Gasteiger partial charge in [-0.25, -0.2) is 4.98 Å². The predicted molar refractivity (Wildman–Crippen MR) is 158 cm³/mol. The van der Waals surface area contributed by atoms with E-state index >= 15 is 0 Å². The molecule has 39 heavy (non-hydrogen) atoms. The molecule has 5 aromatic rings. The van der Waals surface area contributed by atoms with Gasteiger partial charge in [-0.3, -0.25) is 9.59 Å². The zero-order valence-corrected chi connectivity index (χ0v) is 23.6. The summed E-state index contributed by atoms with van der Waals surface area (Å²) in [6.07, 6.45) is 0. The van der Waals surface area contributed by atoms with Crippen LogP contribution in [0.25, 0.3) is 11.4 Å². The standard InChI is InChI=1S/C31H25N2O3PS.ClH/c1-36-27(34)22-38-31-28(30(35)32-29(33-31)23-14-6-2-7-15-23)37(24-16-8-3-9-17-24,25-18-10-4-11-19-25)26-20-12-5-13-21-26;/h2-21H,22H2,1H3;1H. The number of aromatic amines is 1. The van der Waals surface area contributed by atoms with Crippen LogP contribution in [-0.2, 0) is 9.53 Å². The maximum absolute atomic E-state index is 14.3. The van der Waals surface area contributed by atoms with Crippen molar-refractivity contribution in [2.24, 2.45) is 0 Å². The highest BCUT2D eigenvalue weighted by Crippen LogP contribution is 2.54. The van der Waals surface area contributed by atoms with E-state index in [4.69, 9.17) is 9.72 Å². The van der Waals surface area contributed by atoms with Crippen molar-refractivity contribution in [3.05, 3.63) is 132 Å². The van der Waals surface area contributed by atoms with Crippen molar-refractivity contribution in [1.29, 1.82) is 0 Å². The molecule has 0 saturated heterocycles. The Bertz CT molecular complexity index is 1490. The first kappa shape index (κ1) is 28.3. The fourth-order valence-corrected chi connectivity index (χ4v) is 10.1. The second kappa shape index (κ2) is 12.9. The van der Waals surface area contributed by atoms with Gasteiger partial charge in [-0.15, -0.1) is 0 Å². The molecule has 1 aromatic heterocycles. The van der Waals surface area contributed by atoms with Crippen molar-refractivity contribution < 1.29 is 21.9 Å². The number of hydrogen-bond donors (Lipinski definition) is 1. The summed E-state index contributed by atoms with van der Waals surface area (Å²) < 4.78 is 4.93. The van der Waals surface area contributed by atoms with E-state index in [1.165, 1.54) is 18.9 Å². The molecule has 1 N–H and O–H groups in total. The minimum absolute atomic E-state index is 0. The molecule has 0 unspecified atom stereocenters. The van der Waals surface area contributed by atoms with Crippen LogP contribution in [0.1, 0.15) is 0 Å². The molecule has 0 aliphatic carbocycles. The van der Waals surface area contributed by atoms with E-state index in [-0.39, 0.29) is 29.7 Å². The molecule has 0 bridgehead atoms. The summed E-state index contributed by atoms with van der Waals surface area (Å²) in [6, 6.07) is 39.9. The Labute approximate surface area is 238 Å². The molecule has 196 valence electrons. The highest BCUT2D eigenvalue weighted by Gasteiger charge is 2.52. The maximum Gasteiger partial charge on any atom is 0.316 e. The van der Waals surface area contributed by atoms with Gasteiger partial charge >= 0.3 is 5.97 Å². The minimum Gasteiger partial charge on any atom is -1.00 e. The molecule has 0 fully saturated rings. The second-order valence-electron chi connectivity index (χ2n) is 8.48.